The van der Waals surface area contributed by atoms with E-state index in [1.807, 2.05) is 0 Å². The molecule has 0 aromatic rings. The Bertz CT molecular complexity index is 183. The van der Waals surface area contributed by atoms with Crippen LogP contribution in [0.15, 0.2) is 0 Å². The van der Waals surface area contributed by atoms with Gasteiger partial charge in [-0.3, -0.25) is 0 Å². The molecule has 0 aromatic heterocycles. The molecular weight excluding hydrogens is 184 g/mol. The van der Waals surface area contributed by atoms with Crippen molar-refractivity contribution in [2.75, 3.05) is 32.7 Å². The number of hydrogen-bond donors (Lipinski definition) is 0. The molecule has 15 heavy (non-hydrogen) atoms. The normalized spacial score (nSPS) is 30.2. The zero-order valence-electron chi connectivity index (χ0n) is 10.4. The van der Waals surface area contributed by atoms with Gasteiger partial charge < -0.3 is 9.80 Å². The first kappa shape index (κ1) is 11.4. The fraction of sp³-hybridized carbons (Fsp3) is 1.00. The van der Waals surface area contributed by atoms with Crippen molar-refractivity contribution in [3.63, 3.8) is 0 Å². The van der Waals surface area contributed by atoms with Crippen molar-refractivity contribution in [3.05, 3.63) is 0 Å². The van der Waals surface area contributed by atoms with Gasteiger partial charge >= 0.3 is 0 Å². The predicted octanol–water partition coefficient (Wildman–Crippen LogP) is 2.20. The molecule has 2 heteroatoms. The van der Waals surface area contributed by atoms with Crippen LogP contribution >= 0.6 is 0 Å². The second-order valence-corrected chi connectivity index (χ2v) is 5.60. The van der Waals surface area contributed by atoms with Gasteiger partial charge in [0, 0.05) is 19.1 Å². The summed E-state index contributed by atoms with van der Waals surface area (Å²) < 4.78 is 0. The number of piperidine rings is 1. The maximum Gasteiger partial charge on any atom is 0.00387 e. The third kappa shape index (κ3) is 3.18. The van der Waals surface area contributed by atoms with Gasteiger partial charge in [0.25, 0.3) is 0 Å². The summed E-state index contributed by atoms with van der Waals surface area (Å²) in [7, 11) is 0. The van der Waals surface area contributed by atoms with Crippen LogP contribution in [0.4, 0.5) is 0 Å². The lowest BCUT2D eigenvalue weighted by Gasteiger charge is -2.37. The summed E-state index contributed by atoms with van der Waals surface area (Å²) in [6.07, 6.45) is 5.73. The van der Waals surface area contributed by atoms with Crippen LogP contribution in [0.25, 0.3) is 0 Å². The zero-order chi connectivity index (χ0) is 10.7. The Morgan fingerprint density at radius 2 is 1.80 bits per heavy atom. The number of nitrogens with zero attached hydrogens (tertiary/aromatic N) is 2. The molecule has 88 valence electrons. The Morgan fingerprint density at radius 1 is 1.07 bits per heavy atom. The molecule has 0 N–H and O–H groups in total. The summed E-state index contributed by atoms with van der Waals surface area (Å²) in [5, 5.41) is 0. The van der Waals surface area contributed by atoms with E-state index in [2.05, 4.69) is 23.6 Å². The number of hydrogen-bond acceptors (Lipinski definition) is 2. The highest BCUT2D eigenvalue weighted by Gasteiger charge is 2.24. The van der Waals surface area contributed by atoms with Crippen LogP contribution < -0.4 is 0 Å². The van der Waals surface area contributed by atoms with Crippen LogP contribution in [0.3, 0.4) is 0 Å². The van der Waals surface area contributed by atoms with E-state index >= 15 is 0 Å². The second-order valence-electron chi connectivity index (χ2n) is 5.60. The molecule has 2 saturated heterocycles. The van der Waals surface area contributed by atoms with E-state index in [9.17, 15) is 0 Å². The minimum absolute atomic E-state index is 0.742. The molecule has 2 aliphatic heterocycles. The van der Waals surface area contributed by atoms with Gasteiger partial charge in [-0.15, -0.1) is 0 Å². The topological polar surface area (TPSA) is 6.48 Å². The highest BCUT2D eigenvalue weighted by atomic mass is 15.2. The van der Waals surface area contributed by atoms with Crippen molar-refractivity contribution >= 4 is 0 Å². The smallest absolute Gasteiger partial charge is 0.00387 e. The largest absolute Gasteiger partial charge is 0.303 e. The maximum absolute atomic E-state index is 2.68. The van der Waals surface area contributed by atoms with Crippen molar-refractivity contribution in [2.24, 2.45) is 5.92 Å². The SMILES string of the molecule is CC(C)N1CCCC(CN2CCCC2)C1. The summed E-state index contributed by atoms with van der Waals surface area (Å²) in [5.41, 5.74) is 0. The Kier molecular flexibility index (Phi) is 4.04. The molecule has 0 saturated carbocycles. The van der Waals surface area contributed by atoms with E-state index in [0.717, 1.165) is 12.0 Å². The van der Waals surface area contributed by atoms with E-state index in [1.165, 1.54) is 58.4 Å². The molecule has 0 amide bonds. The van der Waals surface area contributed by atoms with Crippen molar-refractivity contribution < 1.29 is 0 Å². The fourth-order valence-electron chi connectivity index (χ4n) is 3.05. The van der Waals surface area contributed by atoms with Gasteiger partial charge in [-0.1, -0.05) is 0 Å². The molecule has 2 rings (SSSR count). The molecule has 0 radical (unpaired) electrons. The van der Waals surface area contributed by atoms with Gasteiger partial charge in [0.05, 0.1) is 0 Å². The van der Waals surface area contributed by atoms with Crippen LogP contribution in [0.5, 0.6) is 0 Å². The lowest BCUT2D eigenvalue weighted by Crippen LogP contribution is -2.43. The molecule has 0 aromatic carbocycles. The molecular formula is C13H26N2. The highest BCUT2D eigenvalue weighted by molar-refractivity contribution is 4.79. The average molecular weight is 210 g/mol. The fourth-order valence-corrected chi connectivity index (χ4v) is 3.05. The summed E-state index contributed by atoms with van der Waals surface area (Å²) in [4.78, 5) is 5.33. The van der Waals surface area contributed by atoms with E-state index in [4.69, 9.17) is 0 Å². The van der Waals surface area contributed by atoms with Gasteiger partial charge in [0.1, 0.15) is 0 Å². The summed E-state index contributed by atoms with van der Waals surface area (Å²) >= 11 is 0. The van der Waals surface area contributed by atoms with Gasteiger partial charge in [0.2, 0.25) is 0 Å². The maximum atomic E-state index is 2.68. The Labute approximate surface area is 94.6 Å². The van der Waals surface area contributed by atoms with Crippen LogP contribution in [0, 0.1) is 5.92 Å². The van der Waals surface area contributed by atoms with Crippen molar-refractivity contribution in [2.45, 2.75) is 45.6 Å². The van der Waals surface area contributed by atoms with E-state index in [0.29, 0.717) is 0 Å². The van der Waals surface area contributed by atoms with E-state index in [-0.39, 0.29) is 0 Å². The average Bonchev–Trinajstić information content (AvgIpc) is 2.71. The first-order chi connectivity index (χ1) is 7.25. The lowest BCUT2D eigenvalue weighted by atomic mass is 9.96. The quantitative estimate of drug-likeness (QED) is 0.704. The molecule has 0 aliphatic carbocycles. The zero-order valence-corrected chi connectivity index (χ0v) is 10.4. The third-order valence-corrected chi connectivity index (χ3v) is 4.00. The summed E-state index contributed by atoms with van der Waals surface area (Å²) in [6, 6.07) is 0.742. The Hall–Kier alpha value is -0.0800. The second kappa shape index (κ2) is 5.31. The molecule has 0 spiro atoms. The first-order valence-corrected chi connectivity index (χ1v) is 6.72. The Morgan fingerprint density at radius 3 is 2.47 bits per heavy atom. The highest BCUT2D eigenvalue weighted by Crippen LogP contribution is 2.21. The van der Waals surface area contributed by atoms with Crippen LogP contribution in [0.1, 0.15) is 39.5 Å². The summed E-state index contributed by atoms with van der Waals surface area (Å²) in [5.74, 6) is 0.944. The Balaban J connectivity index is 1.76. The molecule has 2 fully saturated rings. The van der Waals surface area contributed by atoms with Crippen molar-refractivity contribution in [1.82, 2.24) is 9.80 Å². The standard InChI is InChI=1S/C13H26N2/c1-12(2)15-9-5-6-13(11-15)10-14-7-3-4-8-14/h12-13H,3-11H2,1-2H3. The van der Waals surface area contributed by atoms with E-state index in [1.54, 1.807) is 0 Å². The minimum atomic E-state index is 0.742. The molecule has 2 heterocycles. The van der Waals surface area contributed by atoms with Crippen molar-refractivity contribution in [1.29, 1.82) is 0 Å². The number of likely N-dealkylation sites (tertiary alicyclic amines) is 2. The monoisotopic (exact) mass is 210 g/mol. The van der Waals surface area contributed by atoms with Gasteiger partial charge in [-0.2, -0.15) is 0 Å². The summed E-state index contributed by atoms with van der Waals surface area (Å²) in [6.45, 7) is 11.4. The molecule has 2 nitrogen and oxygen atoms in total. The predicted molar refractivity (Wildman–Crippen MR) is 65.1 cm³/mol. The minimum Gasteiger partial charge on any atom is -0.303 e. The molecule has 1 atom stereocenters. The first-order valence-electron chi connectivity index (χ1n) is 6.72. The third-order valence-electron chi connectivity index (χ3n) is 4.00. The van der Waals surface area contributed by atoms with Crippen molar-refractivity contribution in [3.8, 4) is 0 Å². The van der Waals surface area contributed by atoms with Crippen LogP contribution in [0.2, 0.25) is 0 Å². The van der Waals surface area contributed by atoms with E-state index < -0.39 is 0 Å². The molecule has 0 bridgehead atoms. The molecule has 2 aliphatic rings. The van der Waals surface area contributed by atoms with Gasteiger partial charge in [-0.05, 0) is 65.1 Å². The molecule has 1 unspecified atom stereocenters. The van der Waals surface area contributed by atoms with Crippen LogP contribution in [-0.4, -0.2) is 48.6 Å². The van der Waals surface area contributed by atoms with Crippen LogP contribution in [-0.2, 0) is 0 Å². The number of rotatable bonds is 3. The van der Waals surface area contributed by atoms with Gasteiger partial charge in [-0.25, -0.2) is 0 Å². The lowest BCUT2D eigenvalue weighted by molar-refractivity contribution is 0.117. The van der Waals surface area contributed by atoms with Gasteiger partial charge in [0.15, 0.2) is 0 Å².